The largest absolute Gasteiger partial charge is 0.416 e. The summed E-state index contributed by atoms with van der Waals surface area (Å²) in [6.45, 7) is 1.68. The smallest absolute Gasteiger partial charge is 0.313 e. The van der Waals surface area contributed by atoms with Gasteiger partial charge in [-0.1, -0.05) is 6.92 Å². The summed E-state index contributed by atoms with van der Waals surface area (Å²) in [5, 5.41) is 2.69. The molecule has 0 amide bonds. The standard InChI is InChI=1S/C12H13F6N/c1-3-10(19-2)7-4-8(11(13,14)15)6-9(5-7)12(16,17)18/h4-6,10,19H,3H2,1-2H3. The first-order valence-corrected chi connectivity index (χ1v) is 5.56. The Morgan fingerprint density at radius 2 is 1.37 bits per heavy atom. The summed E-state index contributed by atoms with van der Waals surface area (Å²) in [6.07, 6.45) is -9.22. The van der Waals surface area contributed by atoms with Gasteiger partial charge in [-0.15, -0.1) is 0 Å². The van der Waals surface area contributed by atoms with Crippen molar-refractivity contribution < 1.29 is 26.3 Å². The number of alkyl halides is 6. The summed E-state index contributed by atoms with van der Waals surface area (Å²) in [7, 11) is 1.49. The molecule has 0 aliphatic rings. The third-order valence-corrected chi connectivity index (χ3v) is 2.77. The Hall–Kier alpha value is -1.24. The highest BCUT2D eigenvalue weighted by molar-refractivity contribution is 5.35. The quantitative estimate of drug-likeness (QED) is 0.812. The lowest BCUT2D eigenvalue weighted by Crippen LogP contribution is -2.18. The Bertz CT molecular complexity index is 399. The van der Waals surface area contributed by atoms with Gasteiger partial charge in [0.25, 0.3) is 0 Å². The van der Waals surface area contributed by atoms with Crippen LogP contribution in [0.15, 0.2) is 18.2 Å². The molecule has 1 aromatic rings. The number of benzene rings is 1. The molecule has 0 aliphatic carbocycles. The van der Waals surface area contributed by atoms with Gasteiger partial charge in [-0.05, 0) is 37.2 Å². The van der Waals surface area contributed by atoms with Gasteiger partial charge in [0.15, 0.2) is 0 Å². The Morgan fingerprint density at radius 1 is 0.947 bits per heavy atom. The Labute approximate surface area is 106 Å². The van der Waals surface area contributed by atoms with E-state index >= 15 is 0 Å². The lowest BCUT2D eigenvalue weighted by Gasteiger charge is -2.19. The highest BCUT2D eigenvalue weighted by atomic mass is 19.4. The van der Waals surface area contributed by atoms with Crippen LogP contribution < -0.4 is 5.32 Å². The van der Waals surface area contributed by atoms with Crippen molar-refractivity contribution >= 4 is 0 Å². The number of hydrogen-bond donors (Lipinski definition) is 1. The average molecular weight is 285 g/mol. The number of hydrogen-bond acceptors (Lipinski definition) is 1. The molecule has 0 aromatic heterocycles. The highest BCUT2D eigenvalue weighted by Gasteiger charge is 2.37. The molecule has 1 rings (SSSR count). The van der Waals surface area contributed by atoms with Crippen LogP contribution in [0.1, 0.15) is 36.1 Å². The zero-order valence-electron chi connectivity index (χ0n) is 10.3. The maximum absolute atomic E-state index is 12.6. The van der Waals surface area contributed by atoms with Gasteiger partial charge in [-0.2, -0.15) is 26.3 Å². The third kappa shape index (κ3) is 3.86. The molecule has 0 saturated heterocycles. The summed E-state index contributed by atoms with van der Waals surface area (Å²) in [4.78, 5) is 0. The highest BCUT2D eigenvalue weighted by Crippen LogP contribution is 2.37. The van der Waals surface area contributed by atoms with Crippen molar-refractivity contribution in [2.24, 2.45) is 0 Å². The van der Waals surface area contributed by atoms with Crippen molar-refractivity contribution in [3.05, 3.63) is 34.9 Å². The van der Waals surface area contributed by atoms with E-state index in [-0.39, 0.29) is 11.6 Å². The molecule has 7 heteroatoms. The van der Waals surface area contributed by atoms with Crippen molar-refractivity contribution in [2.45, 2.75) is 31.7 Å². The summed E-state index contributed by atoms with van der Waals surface area (Å²) in [6, 6.07) is 1.08. The fourth-order valence-corrected chi connectivity index (χ4v) is 1.79. The molecule has 0 aliphatic heterocycles. The second-order valence-electron chi connectivity index (χ2n) is 4.09. The Kier molecular flexibility index (Phi) is 4.50. The molecule has 0 fully saturated rings. The van der Waals surface area contributed by atoms with Gasteiger partial charge in [-0.3, -0.25) is 0 Å². The van der Waals surface area contributed by atoms with Gasteiger partial charge in [0, 0.05) is 6.04 Å². The predicted octanol–water partition coefficient (Wildman–Crippen LogP) is 4.39. The number of rotatable bonds is 3. The van der Waals surface area contributed by atoms with Crippen molar-refractivity contribution in [1.82, 2.24) is 5.32 Å². The van der Waals surface area contributed by atoms with Crippen LogP contribution in [0.25, 0.3) is 0 Å². The minimum absolute atomic E-state index is 0.0212. The molecule has 0 heterocycles. The second-order valence-corrected chi connectivity index (χ2v) is 4.09. The van der Waals surface area contributed by atoms with E-state index in [1.165, 1.54) is 7.05 Å². The van der Waals surface area contributed by atoms with Crippen molar-refractivity contribution in [2.75, 3.05) is 7.05 Å². The zero-order chi connectivity index (χ0) is 14.8. The lowest BCUT2D eigenvalue weighted by molar-refractivity contribution is -0.143. The first kappa shape index (κ1) is 15.8. The fraction of sp³-hybridized carbons (Fsp3) is 0.500. The maximum atomic E-state index is 12.6. The second kappa shape index (κ2) is 5.40. The molecular weight excluding hydrogens is 272 g/mol. The molecule has 1 atom stereocenters. The van der Waals surface area contributed by atoms with Crippen molar-refractivity contribution in [3.63, 3.8) is 0 Å². The molecule has 19 heavy (non-hydrogen) atoms. The van der Waals surface area contributed by atoms with E-state index in [0.717, 1.165) is 12.1 Å². The van der Waals surface area contributed by atoms with Crippen LogP contribution in [-0.2, 0) is 12.4 Å². The molecular formula is C12H13F6N. The van der Waals surface area contributed by atoms with E-state index in [9.17, 15) is 26.3 Å². The number of halogens is 6. The molecule has 0 saturated carbocycles. The molecule has 1 aromatic carbocycles. The Morgan fingerprint density at radius 3 is 1.63 bits per heavy atom. The van der Waals surface area contributed by atoms with Gasteiger partial charge in [0.2, 0.25) is 0 Å². The van der Waals surface area contributed by atoms with E-state index in [4.69, 9.17) is 0 Å². The number of nitrogens with one attached hydrogen (secondary N) is 1. The van der Waals surface area contributed by atoms with E-state index in [2.05, 4.69) is 5.32 Å². The topological polar surface area (TPSA) is 12.0 Å². The Balaban J connectivity index is 3.41. The van der Waals surface area contributed by atoms with Crippen LogP contribution in [0.4, 0.5) is 26.3 Å². The molecule has 0 bridgehead atoms. The normalized spacial score (nSPS) is 14.5. The summed E-state index contributed by atoms with van der Waals surface area (Å²) >= 11 is 0. The van der Waals surface area contributed by atoms with E-state index < -0.39 is 29.5 Å². The SMILES string of the molecule is CCC(NC)c1cc(C(F)(F)F)cc(C(F)(F)F)c1. The van der Waals surface area contributed by atoms with Gasteiger partial charge in [-0.25, -0.2) is 0 Å². The minimum Gasteiger partial charge on any atom is -0.313 e. The van der Waals surface area contributed by atoms with Crippen LogP contribution in [0.5, 0.6) is 0 Å². The first-order chi connectivity index (χ1) is 8.59. The molecule has 1 nitrogen and oxygen atoms in total. The van der Waals surface area contributed by atoms with Crippen LogP contribution in [0.2, 0.25) is 0 Å². The zero-order valence-corrected chi connectivity index (χ0v) is 10.3. The van der Waals surface area contributed by atoms with Gasteiger partial charge in [0.05, 0.1) is 11.1 Å². The molecule has 1 N–H and O–H groups in total. The molecule has 1 unspecified atom stereocenters. The monoisotopic (exact) mass is 285 g/mol. The molecule has 0 spiro atoms. The predicted molar refractivity (Wildman–Crippen MR) is 58.5 cm³/mol. The summed E-state index contributed by atoms with van der Waals surface area (Å²) in [5.41, 5.74) is -2.59. The van der Waals surface area contributed by atoms with Crippen LogP contribution in [0.3, 0.4) is 0 Å². The first-order valence-electron chi connectivity index (χ1n) is 5.56. The average Bonchev–Trinajstić information content (AvgIpc) is 2.28. The molecule has 108 valence electrons. The summed E-state index contributed by atoms with van der Waals surface area (Å²) < 4.78 is 75.7. The van der Waals surface area contributed by atoms with Crippen molar-refractivity contribution in [1.29, 1.82) is 0 Å². The summed E-state index contributed by atoms with van der Waals surface area (Å²) in [5.74, 6) is 0. The van der Waals surface area contributed by atoms with Crippen LogP contribution in [0, 0.1) is 0 Å². The van der Waals surface area contributed by atoms with Crippen LogP contribution in [-0.4, -0.2) is 7.05 Å². The van der Waals surface area contributed by atoms with E-state index in [0.29, 0.717) is 6.42 Å². The van der Waals surface area contributed by atoms with Gasteiger partial charge in [0.1, 0.15) is 0 Å². The maximum Gasteiger partial charge on any atom is 0.416 e. The van der Waals surface area contributed by atoms with Crippen molar-refractivity contribution in [3.8, 4) is 0 Å². The van der Waals surface area contributed by atoms with Gasteiger partial charge >= 0.3 is 12.4 Å². The van der Waals surface area contributed by atoms with E-state index in [1.54, 1.807) is 6.92 Å². The fourth-order valence-electron chi connectivity index (χ4n) is 1.79. The van der Waals surface area contributed by atoms with Crippen LogP contribution >= 0.6 is 0 Å². The third-order valence-electron chi connectivity index (χ3n) is 2.77. The van der Waals surface area contributed by atoms with E-state index in [1.807, 2.05) is 0 Å². The minimum atomic E-state index is -4.80. The lowest BCUT2D eigenvalue weighted by atomic mass is 9.98. The van der Waals surface area contributed by atoms with Gasteiger partial charge < -0.3 is 5.32 Å². The molecule has 0 radical (unpaired) electrons.